The third-order valence-corrected chi connectivity index (χ3v) is 4.31. The van der Waals surface area contributed by atoms with Gasteiger partial charge in [0.15, 0.2) is 0 Å². The summed E-state index contributed by atoms with van der Waals surface area (Å²) >= 11 is 1.32. The number of benzene rings is 1. The summed E-state index contributed by atoms with van der Waals surface area (Å²) in [6.45, 7) is 0.836. The van der Waals surface area contributed by atoms with Gasteiger partial charge in [0.2, 0.25) is 0 Å². The lowest BCUT2D eigenvalue weighted by Crippen LogP contribution is -2.27. The van der Waals surface area contributed by atoms with E-state index in [4.69, 9.17) is 5.11 Å². The number of carbonyl (C=O) groups excluding carboxylic acids is 1. The standard InChI is InChI=1S/C15H18FNO2S/c1-17(8-3-2-4-9-18)15(19)14-10-11-12(16)6-5-7-13(11)20-14/h5-7,10,18H,2-4,8-9H2,1H3. The minimum Gasteiger partial charge on any atom is -0.396 e. The van der Waals surface area contributed by atoms with Gasteiger partial charge in [-0.15, -0.1) is 11.3 Å². The monoisotopic (exact) mass is 295 g/mol. The van der Waals surface area contributed by atoms with E-state index in [1.165, 1.54) is 17.4 Å². The summed E-state index contributed by atoms with van der Waals surface area (Å²) in [7, 11) is 1.75. The molecule has 0 atom stereocenters. The van der Waals surface area contributed by atoms with E-state index >= 15 is 0 Å². The fraction of sp³-hybridized carbons (Fsp3) is 0.400. The number of hydrogen-bond donors (Lipinski definition) is 1. The van der Waals surface area contributed by atoms with Crippen molar-refractivity contribution in [3.63, 3.8) is 0 Å². The van der Waals surface area contributed by atoms with Crippen LogP contribution in [0, 0.1) is 5.82 Å². The zero-order valence-electron chi connectivity index (χ0n) is 11.4. The second-order valence-electron chi connectivity index (χ2n) is 4.77. The van der Waals surface area contributed by atoms with Crippen LogP contribution in [0.2, 0.25) is 0 Å². The number of aliphatic hydroxyl groups excluding tert-OH is 1. The molecule has 1 N–H and O–H groups in total. The molecule has 0 radical (unpaired) electrons. The third-order valence-electron chi connectivity index (χ3n) is 3.22. The van der Waals surface area contributed by atoms with E-state index in [0.717, 1.165) is 24.0 Å². The molecule has 0 unspecified atom stereocenters. The molecule has 1 aromatic heterocycles. The number of halogens is 1. The van der Waals surface area contributed by atoms with Crippen LogP contribution >= 0.6 is 11.3 Å². The van der Waals surface area contributed by atoms with Crippen molar-refractivity contribution in [1.82, 2.24) is 4.90 Å². The number of nitrogens with zero attached hydrogens (tertiary/aromatic N) is 1. The van der Waals surface area contributed by atoms with Crippen molar-refractivity contribution < 1.29 is 14.3 Å². The fourth-order valence-corrected chi connectivity index (χ4v) is 3.13. The molecular formula is C15H18FNO2S. The van der Waals surface area contributed by atoms with Crippen LogP contribution in [0.1, 0.15) is 28.9 Å². The molecule has 5 heteroatoms. The molecule has 0 fully saturated rings. The van der Waals surface area contributed by atoms with E-state index in [0.29, 0.717) is 16.8 Å². The normalized spacial score (nSPS) is 10.9. The molecule has 108 valence electrons. The van der Waals surface area contributed by atoms with E-state index in [2.05, 4.69) is 0 Å². The molecular weight excluding hydrogens is 277 g/mol. The fourth-order valence-electron chi connectivity index (χ4n) is 2.06. The molecule has 1 aromatic carbocycles. The average molecular weight is 295 g/mol. The van der Waals surface area contributed by atoms with Crippen molar-refractivity contribution in [2.75, 3.05) is 20.2 Å². The van der Waals surface area contributed by atoms with E-state index in [9.17, 15) is 9.18 Å². The SMILES string of the molecule is CN(CCCCCO)C(=O)c1cc2c(F)cccc2s1. The van der Waals surface area contributed by atoms with Crippen molar-refractivity contribution in [2.45, 2.75) is 19.3 Å². The molecule has 0 aliphatic rings. The molecule has 0 aliphatic heterocycles. The average Bonchev–Trinajstić information content (AvgIpc) is 2.88. The lowest BCUT2D eigenvalue weighted by Gasteiger charge is -2.15. The van der Waals surface area contributed by atoms with Gasteiger partial charge in [0.1, 0.15) is 5.82 Å². The molecule has 2 aromatic rings. The Morgan fingerprint density at radius 3 is 2.85 bits per heavy atom. The van der Waals surface area contributed by atoms with Crippen LogP contribution in [0.25, 0.3) is 10.1 Å². The Kier molecular flexibility index (Phi) is 5.09. The van der Waals surface area contributed by atoms with Gasteiger partial charge in [-0.05, 0) is 37.5 Å². The molecule has 1 heterocycles. The maximum atomic E-state index is 13.6. The molecule has 2 rings (SSSR count). The Bertz CT molecular complexity index is 597. The predicted octanol–water partition coefficient (Wildman–Crippen LogP) is 3.28. The topological polar surface area (TPSA) is 40.5 Å². The molecule has 1 amide bonds. The maximum absolute atomic E-state index is 13.6. The lowest BCUT2D eigenvalue weighted by atomic mass is 10.2. The summed E-state index contributed by atoms with van der Waals surface area (Å²) in [5.41, 5.74) is 0. The van der Waals surface area contributed by atoms with Crippen LogP contribution in [-0.2, 0) is 0 Å². The van der Waals surface area contributed by atoms with Crippen LogP contribution in [-0.4, -0.2) is 36.1 Å². The molecule has 20 heavy (non-hydrogen) atoms. The van der Waals surface area contributed by atoms with Crippen LogP contribution in [0.5, 0.6) is 0 Å². The number of carbonyl (C=O) groups is 1. The van der Waals surface area contributed by atoms with Gasteiger partial charge in [0.05, 0.1) is 4.88 Å². The zero-order valence-corrected chi connectivity index (χ0v) is 12.3. The Labute approximate surface area is 121 Å². The number of amides is 1. The van der Waals surface area contributed by atoms with E-state index in [1.54, 1.807) is 24.1 Å². The summed E-state index contributed by atoms with van der Waals surface area (Å²) < 4.78 is 14.4. The molecule has 0 saturated carbocycles. The summed E-state index contributed by atoms with van der Waals surface area (Å²) in [5, 5.41) is 9.22. The Hall–Kier alpha value is -1.46. The Morgan fingerprint density at radius 1 is 1.35 bits per heavy atom. The highest BCUT2D eigenvalue weighted by molar-refractivity contribution is 7.20. The molecule has 3 nitrogen and oxygen atoms in total. The maximum Gasteiger partial charge on any atom is 0.263 e. The highest BCUT2D eigenvalue weighted by Gasteiger charge is 2.15. The summed E-state index contributed by atoms with van der Waals surface area (Å²) in [6.07, 6.45) is 2.52. The largest absolute Gasteiger partial charge is 0.396 e. The van der Waals surface area contributed by atoms with Crippen molar-refractivity contribution in [1.29, 1.82) is 0 Å². The number of hydrogen-bond acceptors (Lipinski definition) is 3. The van der Waals surface area contributed by atoms with Crippen LogP contribution < -0.4 is 0 Å². The number of fused-ring (bicyclic) bond motifs is 1. The van der Waals surface area contributed by atoms with E-state index in [1.807, 2.05) is 6.07 Å². The molecule has 0 bridgehead atoms. The quantitative estimate of drug-likeness (QED) is 0.831. The number of unbranched alkanes of at least 4 members (excludes halogenated alkanes) is 2. The van der Waals surface area contributed by atoms with Crippen molar-refractivity contribution >= 4 is 27.3 Å². The van der Waals surface area contributed by atoms with Gasteiger partial charge in [-0.3, -0.25) is 4.79 Å². The summed E-state index contributed by atoms with van der Waals surface area (Å²) in [4.78, 5) is 14.5. The van der Waals surface area contributed by atoms with Crippen LogP contribution in [0.3, 0.4) is 0 Å². The number of rotatable bonds is 6. The first-order valence-corrected chi connectivity index (χ1v) is 7.49. The van der Waals surface area contributed by atoms with Crippen molar-refractivity contribution in [2.24, 2.45) is 0 Å². The third kappa shape index (κ3) is 3.35. The van der Waals surface area contributed by atoms with Crippen molar-refractivity contribution in [3.8, 4) is 0 Å². The predicted molar refractivity (Wildman–Crippen MR) is 79.7 cm³/mol. The van der Waals surface area contributed by atoms with Gasteiger partial charge in [0.25, 0.3) is 5.91 Å². The van der Waals surface area contributed by atoms with Crippen molar-refractivity contribution in [3.05, 3.63) is 35.0 Å². The smallest absolute Gasteiger partial charge is 0.263 e. The van der Waals surface area contributed by atoms with Crippen LogP contribution in [0.15, 0.2) is 24.3 Å². The second kappa shape index (κ2) is 6.81. The zero-order chi connectivity index (χ0) is 14.5. The minimum atomic E-state index is -0.289. The Balaban J connectivity index is 2.05. The number of aliphatic hydroxyl groups is 1. The van der Waals surface area contributed by atoms with Gasteiger partial charge in [-0.2, -0.15) is 0 Å². The van der Waals surface area contributed by atoms with Crippen LogP contribution in [0.4, 0.5) is 4.39 Å². The highest BCUT2D eigenvalue weighted by Crippen LogP contribution is 2.28. The number of thiophene rings is 1. The molecule has 0 saturated heterocycles. The summed E-state index contributed by atoms with van der Waals surface area (Å²) in [6, 6.07) is 6.51. The van der Waals surface area contributed by atoms with Gasteiger partial charge in [-0.1, -0.05) is 6.07 Å². The highest BCUT2D eigenvalue weighted by atomic mass is 32.1. The van der Waals surface area contributed by atoms with E-state index < -0.39 is 0 Å². The summed E-state index contributed by atoms with van der Waals surface area (Å²) in [5.74, 6) is -0.363. The Morgan fingerprint density at radius 2 is 2.15 bits per heavy atom. The first-order chi connectivity index (χ1) is 9.63. The van der Waals surface area contributed by atoms with E-state index in [-0.39, 0.29) is 18.3 Å². The molecule has 0 aliphatic carbocycles. The molecule has 0 spiro atoms. The van der Waals surface area contributed by atoms with Gasteiger partial charge < -0.3 is 10.0 Å². The van der Waals surface area contributed by atoms with Gasteiger partial charge in [0, 0.05) is 30.3 Å². The first-order valence-electron chi connectivity index (χ1n) is 6.68. The first kappa shape index (κ1) is 14.9. The second-order valence-corrected chi connectivity index (χ2v) is 5.86. The van der Waals surface area contributed by atoms with Gasteiger partial charge in [-0.25, -0.2) is 4.39 Å². The lowest BCUT2D eigenvalue weighted by molar-refractivity contribution is 0.0797. The minimum absolute atomic E-state index is 0.0744. The van der Waals surface area contributed by atoms with Gasteiger partial charge >= 0.3 is 0 Å².